The number of rotatable bonds is 5. The SMILES string of the molecule is CCC(C)c1ccc(C(C)NC(=O)C2CCN(C(C)=O)CC2)cc1. The molecule has 4 nitrogen and oxygen atoms in total. The molecule has 1 saturated heterocycles. The van der Waals surface area contributed by atoms with Gasteiger partial charge in [0.2, 0.25) is 11.8 Å². The fraction of sp³-hybridized carbons (Fsp3) is 0.600. The van der Waals surface area contributed by atoms with Crippen LogP contribution in [0.5, 0.6) is 0 Å². The molecule has 1 aliphatic heterocycles. The average Bonchev–Trinajstić information content (AvgIpc) is 2.61. The Hall–Kier alpha value is -1.84. The van der Waals surface area contributed by atoms with Crippen LogP contribution in [0.4, 0.5) is 0 Å². The van der Waals surface area contributed by atoms with E-state index in [0.717, 1.165) is 24.8 Å². The van der Waals surface area contributed by atoms with E-state index in [1.165, 1.54) is 5.56 Å². The van der Waals surface area contributed by atoms with Crippen molar-refractivity contribution in [3.63, 3.8) is 0 Å². The molecule has 1 aromatic carbocycles. The molecule has 24 heavy (non-hydrogen) atoms. The lowest BCUT2D eigenvalue weighted by molar-refractivity contribution is -0.134. The lowest BCUT2D eigenvalue weighted by atomic mass is 9.94. The van der Waals surface area contributed by atoms with Crippen LogP contribution >= 0.6 is 0 Å². The van der Waals surface area contributed by atoms with Crippen molar-refractivity contribution in [3.05, 3.63) is 35.4 Å². The van der Waals surface area contributed by atoms with Gasteiger partial charge >= 0.3 is 0 Å². The molecule has 1 N–H and O–H groups in total. The van der Waals surface area contributed by atoms with Gasteiger partial charge in [0, 0.05) is 25.9 Å². The molecule has 2 atom stereocenters. The van der Waals surface area contributed by atoms with Crippen LogP contribution in [0.2, 0.25) is 0 Å². The smallest absolute Gasteiger partial charge is 0.223 e. The lowest BCUT2D eigenvalue weighted by Gasteiger charge is -2.31. The minimum atomic E-state index is 0.00863. The largest absolute Gasteiger partial charge is 0.349 e. The number of amides is 2. The number of carbonyl (C=O) groups excluding carboxylic acids is 2. The molecule has 0 bridgehead atoms. The molecule has 2 amide bonds. The van der Waals surface area contributed by atoms with Crippen molar-refractivity contribution < 1.29 is 9.59 Å². The summed E-state index contributed by atoms with van der Waals surface area (Å²) in [5.41, 5.74) is 2.48. The summed E-state index contributed by atoms with van der Waals surface area (Å²) in [6.45, 7) is 9.41. The van der Waals surface area contributed by atoms with Gasteiger partial charge in [-0.3, -0.25) is 9.59 Å². The van der Waals surface area contributed by atoms with Crippen molar-refractivity contribution in [3.8, 4) is 0 Å². The Morgan fingerprint density at radius 3 is 2.17 bits per heavy atom. The molecular formula is C20H30N2O2. The summed E-state index contributed by atoms with van der Waals surface area (Å²) >= 11 is 0. The molecule has 0 saturated carbocycles. The topological polar surface area (TPSA) is 49.4 Å². The van der Waals surface area contributed by atoms with Crippen LogP contribution in [0.3, 0.4) is 0 Å². The second-order valence-electron chi connectivity index (χ2n) is 6.99. The maximum Gasteiger partial charge on any atom is 0.223 e. The molecule has 2 rings (SSSR count). The van der Waals surface area contributed by atoms with Gasteiger partial charge < -0.3 is 10.2 Å². The summed E-state index contributed by atoms with van der Waals surface area (Å²) in [5, 5.41) is 3.13. The highest BCUT2D eigenvalue weighted by Gasteiger charge is 2.26. The molecule has 1 aromatic rings. The summed E-state index contributed by atoms with van der Waals surface area (Å²) in [6, 6.07) is 8.57. The van der Waals surface area contributed by atoms with E-state index in [1.807, 2.05) is 11.8 Å². The summed E-state index contributed by atoms with van der Waals surface area (Å²) in [5.74, 6) is 0.790. The Kier molecular flexibility index (Phi) is 6.41. The average molecular weight is 330 g/mol. The van der Waals surface area contributed by atoms with Gasteiger partial charge in [-0.1, -0.05) is 38.1 Å². The fourth-order valence-electron chi connectivity index (χ4n) is 3.22. The number of piperidine rings is 1. The molecule has 1 aliphatic rings. The maximum atomic E-state index is 12.5. The molecule has 0 radical (unpaired) electrons. The minimum absolute atomic E-state index is 0.00863. The third-order valence-corrected chi connectivity index (χ3v) is 5.29. The number of hydrogen-bond donors (Lipinski definition) is 1. The van der Waals surface area contributed by atoms with Crippen molar-refractivity contribution in [1.29, 1.82) is 0 Å². The van der Waals surface area contributed by atoms with Gasteiger partial charge in [-0.25, -0.2) is 0 Å². The first-order chi connectivity index (χ1) is 11.4. The first-order valence-corrected chi connectivity index (χ1v) is 9.08. The molecule has 1 heterocycles. The van der Waals surface area contributed by atoms with Gasteiger partial charge in [-0.2, -0.15) is 0 Å². The van der Waals surface area contributed by atoms with Crippen LogP contribution < -0.4 is 5.32 Å². The van der Waals surface area contributed by atoms with Crippen LogP contribution in [0.1, 0.15) is 70.0 Å². The molecule has 0 aromatic heterocycles. The van der Waals surface area contributed by atoms with Crippen LogP contribution in [-0.4, -0.2) is 29.8 Å². The summed E-state index contributed by atoms with van der Waals surface area (Å²) in [4.78, 5) is 25.6. The van der Waals surface area contributed by atoms with E-state index in [0.29, 0.717) is 19.0 Å². The Morgan fingerprint density at radius 2 is 1.67 bits per heavy atom. The Balaban J connectivity index is 1.88. The first kappa shape index (κ1) is 18.5. The summed E-state index contributed by atoms with van der Waals surface area (Å²) < 4.78 is 0. The lowest BCUT2D eigenvalue weighted by Crippen LogP contribution is -2.42. The third-order valence-electron chi connectivity index (χ3n) is 5.29. The third kappa shape index (κ3) is 4.59. The number of hydrogen-bond acceptors (Lipinski definition) is 2. The molecular weight excluding hydrogens is 300 g/mol. The number of nitrogens with zero attached hydrogens (tertiary/aromatic N) is 1. The van der Waals surface area contributed by atoms with Gasteiger partial charge in [-0.05, 0) is 43.2 Å². The zero-order valence-corrected chi connectivity index (χ0v) is 15.3. The molecule has 132 valence electrons. The summed E-state index contributed by atoms with van der Waals surface area (Å²) in [6.07, 6.45) is 2.64. The monoisotopic (exact) mass is 330 g/mol. The van der Waals surface area contributed by atoms with Crippen LogP contribution in [0, 0.1) is 5.92 Å². The van der Waals surface area contributed by atoms with E-state index in [-0.39, 0.29) is 23.8 Å². The zero-order valence-electron chi connectivity index (χ0n) is 15.3. The van der Waals surface area contributed by atoms with Gasteiger partial charge in [0.05, 0.1) is 6.04 Å². The second kappa shape index (κ2) is 8.32. The van der Waals surface area contributed by atoms with E-state index in [4.69, 9.17) is 0 Å². The Labute approximate surface area is 145 Å². The van der Waals surface area contributed by atoms with E-state index < -0.39 is 0 Å². The maximum absolute atomic E-state index is 12.5. The van der Waals surface area contributed by atoms with Crippen LogP contribution in [-0.2, 0) is 9.59 Å². The molecule has 4 heteroatoms. The van der Waals surface area contributed by atoms with E-state index in [2.05, 4.69) is 43.4 Å². The molecule has 0 aliphatic carbocycles. The highest BCUT2D eigenvalue weighted by Crippen LogP contribution is 2.23. The zero-order chi connectivity index (χ0) is 17.7. The van der Waals surface area contributed by atoms with E-state index in [1.54, 1.807) is 6.92 Å². The van der Waals surface area contributed by atoms with Crippen LogP contribution in [0.25, 0.3) is 0 Å². The Bertz CT molecular complexity index is 560. The predicted octanol–water partition coefficient (Wildman–Crippen LogP) is 3.64. The molecule has 1 fully saturated rings. The highest BCUT2D eigenvalue weighted by atomic mass is 16.2. The van der Waals surface area contributed by atoms with E-state index in [9.17, 15) is 9.59 Å². The predicted molar refractivity (Wildman–Crippen MR) is 96.7 cm³/mol. The van der Waals surface area contributed by atoms with Gasteiger partial charge in [-0.15, -0.1) is 0 Å². The van der Waals surface area contributed by atoms with Gasteiger partial charge in [0.25, 0.3) is 0 Å². The fourth-order valence-corrected chi connectivity index (χ4v) is 3.22. The minimum Gasteiger partial charge on any atom is -0.349 e. The van der Waals surface area contributed by atoms with E-state index >= 15 is 0 Å². The number of benzene rings is 1. The van der Waals surface area contributed by atoms with Crippen molar-refractivity contribution >= 4 is 11.8 Å². The number of carbonyl (C=O) groups is 2. The van der Waals surface area contributed by atoms with Crippen molar-refractivity contribution in [2.75, 3.05) is 13.1 Å². The van der Waals surface area contributed by atoms with Crippen molar-refractivity contribution in [1.82, 2.24) is 10.2 Å². The normalized spacial score (nSPS) is 18.1. The van der Waals surface area contributed by atoms with Gasteiger partial charge in [0.15, 0.2) is 0 Å². The molecule has 0 spiro atoms. The Morgan fingerprint density at radius 1 is 1.12 bits per heavy atom. The summed E-state index contributed by atoms with van der Waals surface area (Å²) in [7, 11) is 0. The van der Waals surface area contributed by atoms with Crippen molar-refractivity contribution in [2.24, 2.45) is 5.92 Å². The van der Waals surface area contributed by atoms with Gasteiger partial charge in [0.1, 0.15) is 0 Å². The standard InChI is InChI=1S/C20H30N2O2/c1-5-14(2)17-6-8-18(9-7-17)15(3)21-20(24)19-10-12-22(13-11-19)16(4)23/h6-9,14-15,19H,5,10-13H2,1-4H3,(H,21,24). The van der Waals surface area contributed by atoms with Crippen molar-refractivity contribution in [2.45, 2.75) is 58.9 Å². The highest BCUT2D eigenvalue weighted by molar-refractivity contribution is 5.80. The number of nitrogens with one attached hydrogen (secondary N) is 1. The second-order valence-corrected chi connectivity index (χ2v) is 6.99. The van der Waals surface area contributed by atoms with Crippen LogP contribution in [0.15, 0.2) is 24.3 Å². The molecule has 2 unspecified atom stereocenters. The number of likely N-dealkylation sites (tertiary alicyclic amines) is 1. The quantitative estimate of drug-likeness (QED) is 0.896. The first-order valence-electron chi connectivity index (χ1n) is 9.08.